The summed E-state index contributed by atoms with van der Waals surface area (Å²) in [5.41, 5.74) is 9.40. The quantitative estimate of drug-likeness (QED) is 0.678. The van der Waals surface area contributed by atoms with Crippen LogP contribution in [0.15, 0.2) is 18.2 Å². The highest BCUT2D eigenvalue weighted by molar-refractivity contribution is 5.85. The molecule has 78 valence electrons. The molecule has 1 aliphatic carbocycles. The Kier molecular flexibility index (Phi) is 1.83. The first-order valence-electron chi connectivity index (χ1n) is 5.28. The molecule has 1 aliphatic rings. The Labute approximate surface area is 87.3 Å². The van der Waals surface area contributed by atoms with Crippen LogP contribution in [0.1, 0.15) is 17.7 Å². The lowest BCUT2D eigenvalue weighted by atomic mass is 9.92. The lowest BCUT2D eigenvalue weighted by molar-refractivity contribution is 0.574. The maximum atomic E-state index is 13.1. The SMILES string of the molecule is N[C@H]1CCc2[nH]c3ccc(F)cc3c2C1. The van der Waals surface area contributed by atoms with Crippen LogP contribution in [-0.2, 0) is 12.8 Å². The molecule has 15 heavy (non-hydrogen) atoms. The van der Waals surface area contributed by atoms with Gasteiger partial charge in [0.15, 0.2) is 0 Å². The van der Waals surface area contributed by atoms with Crippen LogP contribution in [0, 0.1) is 5.82 Å². The lowest BCUT2D eigenvalue weighted by Crippen LogP contribution is -2.27. The van der Waals surface area contributed by atoms with E-state index >= 15 is 0 Å². The molecule has 0 radical (unpaired) electrons. The Morgan fingerprint density at radius 3 is 3.13 bits per heavy atom. The van der Waals surface area contributed by atoms with Crippen LogP contribution in [0.5, 0.6) is 0 Å². The number of H-pyrrole nitrogens is 1. The molecule has 3 N–H and O–H groups in total. The van der Waals surface area contributed by atoms with Crippen molar-refractivity contribution >= 4 is 10.9 Å². The molecule has 0 saturated carbocycles. The van der Waals surface area contributed by atoms with Gasteiger partial charge in [-0.15, -0.1) is 0 Å². The van der Waals surface area contributed by atoms with Gasteiger partial charge >= 0.3 is 0 Å². The number of fused-ring (bicyclic) bond motifs is 3. The van der Waals surface area contributed by atoms with Gasteiger partial charge < -0.3 is 10.7 Å². The standard InChI is InChI=1S/C12H13FN2/c13-7-1-3-11-9(5-7)10-6-8(14)2-4-12(10)15-11/h1,3,5,8,15H,2,4,6,14H2/t8-/m0/s1. The normalized spacial score (nSPS) is 20.5. The third-order valence-electron chi connectivity index (χ3n) is 3.19. The van der Waals surface area contributed by atoms with Crippen molar-refractivity contribution < 1.29 is 4.39 Å². The number of halogens is 1. The smallest absolute Gasteiger partial charge is 0.123 e. The molecule has 0 fully saturated rings. The minimum absolute atomic E-state index is 0.177. The number of aromatic amines is 1. The van der Waals surface area contributed by atoms with Crippen LogP contribution in [0.3, 0.4) is 0 Å². The van der Waals surface area contributed by atoms with Gasteiger partial charge in [-0.2, -0.15) is 0 Å². The zero-order chi connectivity index (χ0) is 10.4. The summed E-state index contributed by atoms with van der Waals surface area (Å²) in [6.45, 7) is 0. The first-order chi connectivity index (χ1) is 7.24. The molecule has 0 saturated heterocycles. The van der Waals surface area contributed by atoms with Crippen LogP contribution in [0.4, 0.5) is 4.39 Å². The maximum Gasteiger partial charge on any atom is 0.123 e. The molecule has 3 rings (SSSR count). The highest BCUT2D eigenvalue weighted by Crippen LogP contribution is 2.28. The summed E-state index contributed by atoms with van der Waals surface area (Å²) in [5, 5.41) is 1.00. The van der Waals surface area contributed by atoms with Gasteiger partial charge in [0.1, 0.15) is 5.82 Å². The number of nitrogens with one attached hydrogen (secondary N) is 1. The summed E-state index contributed by atoms with van der Waals surface area (Å²) >= 11 is 0. The number of hydrogen-bond acceptors (Lipinski definition) is 1. The molecule has 0 aliphatic heterocycles. The molecular formula is C12H13FN2. The van der Waals surface area contributed by atoms with Gasteiger partial charge in [-0.1, -0.05) is 0 Å². The van der Waals surface area contributed by atoms with E-state index < -0.39 is 0 Å². The van der Waals surface area contributed by atoms with Crippen LogP contribution < -0.4 is 5.73 Å². The van der Waals surface area contributed by atoms with Gasteiger partial charge in [0.05, 0.1) is 0 Å². The second-order valence-electron chi connectivity index (χ2n) is 4.27. The van der Waals surface area contributed by atoms with E-state index in [-0.39, 0.29) is 11.9 Å². The number of nitrogens with two attached hydrogens (primary N) is 1. The van der Waals surface area contributed by atoms with Crippen molar-refractivity contribution in [3.8, 4) is 0 Å². The molecule has 0 unspecified atom stereocenters. The summed E-state index contributed by atoms with van der Waals surface area (Å²) in [6, 6.07) is 5.11. The zero-order valence-electron chi connectivity index (χ0n) is 8.39. The van der Waals surface area contributed by atoms with E-state index in [4.69, 9.17) is 5.73 Å². The Hall–Kier alpha value is -1.35. The molecule has 3 heteroatoms. The average Bonchev–Trinajstić information content (AvgIpc) is 2.56. The minimum Gasteiger partial charge on any atom is -0.358 e. The third-order valence-corrected chi connectivity index (χ3v) is 3.19. The molecule has 0 amide bonds. The molecule has 1 heterocycles. The Balaban J connectivity index is 2.25. The molecule has 0 bridgehead atoms. The van der Waals surface area contributed by atoms with Crippen LogP contribution >= 0.6 is 0 Å². The van der Waals surface area contributed by atoms with E-state index in [1.165, 1.54) is 17.3 Å². The van der Waals surface area contributed by atoms with E-state index in [0.717, 1.165) is 30.2 Å². The Morgan fingerprint density at radius 2 is 2.27 bits per heavy atom. The molecule has 0 spiro atoms. The molecule has 1 aromatic carbocycles. The van der Waals surface area contributed by atoms with Gasteiger partial charge in [0.2, 0.25) is 0 Å². The zero-order valence-corrected chi connectivity index (χ0v) is 8.39. The number of aryl methyl sites for hydroxylation is 1. The fraction of sp³-hybridized carbons (Fsp3) is 0.333. The highest BCUT2D eigenvalue weighted by Gasteiger charge is 2.19. The number of benzene rings is 1. The fourth-order valence-corrected chi connectivity index (χ4v) is 2.42. The third kappa shape index (κ3) is 1.35. The van der Waals surface area contributed by atoms with Crippen LogP contribution in [0.2, 0.25) is 0 Å². The Bertz CT molecular complexity index is 516. The summed E-state index contributed by atoms with van der Waals surface area (Å²) in [5.74, 6) is -0.177. The summed E-state index contributed by atoms with van der Waals surface area (Å²) in [6.07, 6.45) is 2.86. The van der Waals surface area contributed by atoms with Crippen molar-refractivity contribution in [2.45, 2.75) is 25.3 Å². The van der Waals surface area contributed by atoms with E-state index in [9.17, 15) is 4.39 Å². The van der Waals surface area contributed by atoms with Gasteiger partial charge in [-0.25, -0.2) is 4.39 Å². The van der Waals surface area contributed by atoms with Gasteiger partial charge in [-0.3, -0.25) is 0 Å². The van der Waals surface area contributed by atoms with Crippen molar-refractivity contribution in [2.24, 2.45) is 5.73 Å². The van der Waals surface area contributed by atoms with E-state index in [2.05, 4.69) is 4.98 Å². The molecule has 1 atom stereocenters. The van der Waals surface area contributed by atoms with E-state index in [0.29, 0.717) is 0 Å². The Morgan fingerprint density at radius 1 is 1.40 bits per heavy atom. The van der Waals surface area contributed by atoms with Crippen molar-refractivity contribution in [3.63, 3.8) is 0 Å². The molecular weight excluding hydrogens is 191 g/mol. The molecule has 2 nitrogen and oxygen atoms in total. The fourth-order valence-electron chi connectivity index (χ4n) is 2.42. The van der Waals surface area contributed by atoms with Crippen LogP contribution in [0.25, 0.3) is 10.9 Å². The monoisotopic (exact) mass is 204 g/mol. The molecule has 1 aromatic heterocycles. The summed E-state index contributed by atoms with van der Waals surface area (Å²) < 4.78 is 13.1. The predicted octanol–water partition coefficient (Wildman–Crippen LogP) is 2.12. The van der Waals surface area contributed by atoms with Crippen LogP contribution in [-0.4, -0.2) is 11.0 Å². The van der Waals surface area contributed by atoms with Crippen molar-refractivity contribution in [1.82, 2.24) is 4.98 Å². The van der Waals surface area contributed by atoms with Crippen molar-refractivity contribution in [1.29, 1.82) is 0 Å². The minimum atomic E-state index is -0.177. The lowest BCUT2D eigenvalue weighted by Gasteiger charge is -2.17. The topological polar surface area (TPSA) is 41.8 Å². The second-order valence-corrected chi connectivity index (χ2v) is 4.27. The van der Waals surface area contributed by atoms with E-state index in [1.54, 1.807) is 12.1 Å². The van der Waals surface area contributed by atoms with E-state index in [1.807, 2.05) is 0 Å². The number of hydrogen-bond donors (Lipinski definition) is 2. The average molecular weight is 204 g/mol. The van der Waals surface area contributed by atoms with Crippen molar-refractivity contribution in [3.05, 3.63) is 35.3 Å². The number of rotatable bonds is 0. The van der Waals surface area contributed by atoms with Crippen molar-refractivity contribution in [2.75, 3.05) is 0 Å². The summed E-state index contributed by atoms with van der Waals surface area (Å²) in [7, 11) is 0. The number of aromatic nitrogens is 1. The van der Waals surface area contributed by atoms with Gasteiger partial charge in [-0.05, 0) is 43.0 Å². The first kappa shape index (κ1) is 8.92. The highest BCUT2D eigenvalue weighted by atomic mass is 19.1. The van der Waals surface area contributed by atoms with Gasteiger partial charge in [0, 0.05) is 22.6 Å². The first-order valence-corrected chi connectivity index (χ1v) is 5.28. The summed E-state index contributed by atoms with van der Waals surface area (Å²) in [4.78, 5) is 3.34. The molecule has 2 aromatic rings. The second kappa shape index (κ2) is 3.07. The largest absolute Gasteiger partial charge is 0.358 e. The maximum absolute atomic E-state index is 13.1. The predicted molar refractivity (Wildman–Crippen MR) is 58.3 cm³/mol. The van der Waals surface area contributed by atoms with Gasteiger partial charge in [0.25, 0.3) is 0 Å².